The molecule has 0 unspecified atom stereocenters. The van der Waals surface area contributed by atoms with E-state index in [9.17, 15) is 19.8 Å². The predicted molar refractivity (Wildman–Crippen MR) is 136 cm³/mol. The van der Waals surface area contributed by atoms with E-state index in [0.29, 0.717) is 6.42 Å². The van der Waals surface area contributed by atoms with Gasteiger partial charge in [0.25, 0.3) is 0 Å². The highest BCUT2D eigenvalue weighted by atomic mass is 32.1. The van der Waals surface area contributed by atoms with E-state index in [1.54, 1.807) is 32.1 Å². The lowest BCUT2D eigenvalue weighted by Gasteiger charge is -2.34. The van der Waals surface area contributed by atoms with Crippen LogP contribution in [0.3, 0.4) is 0 Å². The Morgan fingerprint density at radius 1 is 1.23 bits per heavy atom. The van der Waals surface area contributed by atoms with E-state index in [4.69, 9.17) is 9.47 Å². The number of aryl methyl sites for hydroxylation is 1. The summed E-state index contributed by atoms with van der Waals surface area (Å²) in [4.78, 5) is 30.6. The highest BCUT2D eigenvalue weighted by Crippen LogP contribution is 2.45. The number of nitrogens with zero attached hydrogens (tertiary/aromatic N) is 1. The highest BCUT2D eigenvalue weighted by Gasteiger charge is 2.53. The number of cyclic esters (lactones) is 1. The molecule has 2 fully saturated rings. The lowest BCUT2D eigenvalue weighted by atomic mass is 9.73. The van der Waals surface area contributed by atoms with Gasteiger partial charge in [-0.2, -0.15) is 0 Å². The molecule has 0 spiro atoms. The number of thiazole rings is 1. The first kappa shape index (κ1) is 28.0. The second kappa shape index (κ2) is 10.8. The fourth-order valence-electron chi connectivity index (χ4n) is 5.07. The molecule has 2 aliphatic rings. The molecule has 35 heavy (non-hydrogen) atoms. The molecule has 0 aromatic carbocycles. The molecule has 0 radical (unpaired) electrons. The molecule has 2 saturated heterocycles. The van der Waals surface area contributed by atoms with Crippen LogP contribution < -0.4 is 0 Å². The maximum Gasteiger partial charge on any atom is 0.309 e. The number of rotatable bonds is 2. The number of ether oxygens (including phenoxy) is 2. The quantitative estimate of drug-likeness (QED) is 0.449. The van der Waals surface area contributed by atoms with Crippen LogP contribution in [0.2, 0.25) is 0 Å². The van der Waals surface area contributed by atoms with Gasteiger partial charge >= 0.3 is 5.97 Å². The maximum absolute atomic E-state index is 13.2. The maximum atomic E-state index is 13.2. The fraction of sp³-hybridized carbons (Fsp3) is 0.741. The van der Waals surface area contributed by atoms with Crippen LogP contribution in [0.1, 0.15) is 84.3 Å². The van der Waals surface area contributed by atoms with Crippen molar-refractivity contribution in [2.75, 3.05) is 0 Å². The molecule has 2 aliphatic heterocycles. The smallest absolute Gasteiger partial charge is 0.309 e. The zero-order valence-electron chi connectivity index (χ0n) is 22.0. The number of aliphatic hydroxyl groups excluding tert-OH is 2. The number of Topliss-reactive ketones (excluding diaryl/α,β-unsaturated/α-hetero) is 1. The second-order valence-electron chi connectivity index (χ2n) is 11.3. The van der Waals surface area contributed by atoms with Crippen LogP contribution in [0.4, 0.5) is 0 Å². The molecule has 0 amide bonds. The minimum atomic E-state index is -1.23. The standard InChI is InChI=1S/C27H41NO6S/c1-15-9-8-10-27(7)22(34-27)12-20(16(2)11-19-14-35-18(4)28-19)33-23(30)13-21(29)26(5,6)25(32)17(3)24(15)31/h11,14-15,17,20-22,24,29,31H,8-10,12-13H2,1-7H3/b16-11+/t15-,17+,20+,21+,22+,24+,27-/m0/s1. The lowest BCUT2D eigenvalue weighted by Crippen LogP contribution is -2.45. The van der Waals surface area contributed by atoms with Crippen LogP contribution in [0.15, 0.2) is 11.0 Å². The van der Waals surface area contributed by atoms with Crippen LogP contribution >= 0.6 is 11.3 Å². The van der Waals surface area contributed by atoms with Crippen molar-refractivity contribution < 1.29 is 29.3 Å². The molecule has 196 valence electrons. The van der Waals surface area contributed by atoms with Crippen molar-refractivity contribution in [1.29, 1.82) is 0 Å². The Morgan fingerprint density at radius 3 is 2.54 bits per heavy atom. The van der Waals surface area contributed by atoms with Gasteiger partial charge < -0.3 is 19.7 Å². The summed E-state index contributed by atoms with van der Waals surface area (Å²) in [7, 11) is 0. The summed E-state index contributed by atoms with van der Waals surface area (Å²) >= 11 is 1.56. The summed E-state index contributed by atoms with van der Waals surface area (Å²) in [5.74, 6) is -1.55. The number of hydrogen-bond donors (Lipinski definition) is 2. The topological polar surface area (TPSA) is 109 Å². The van der Waals surface area contributed by atoms with Gasteiger partial charge in [0.1, 0.15) is 11.9 Å². The van der Waals surface area contributed by atoms with Gasteiger partial charge in [-0.05, 0) is 51.2 Å². The summed E-state index contributed by atoms with van der Waals surface area (Å²) in [5.41, 5.74) is 0.179. The Bertz CT molecular complexity index is 955. The molecular formula is C27H41NO6S. The number of ketones is 1. The summed E-state index contributed by atoms with van der Waals surface area (Å²) in [6.45, 7) is 12.8. The lowest BCUT2D eigenvalue weighted by molar-refractivity contribution is -0.154. The third-order valence-electron chi connectivity index (χ3n) is 7.93. The van der Waals surface area contributed by atoms with Gasteiger partial charge in [0.15, 0.2) is 0 Å². The van der Waals surface area contributed by atoms with E-state index in [2.05, 4.69) is 11.9 Å². The predicted octanol–water partition coefficient (Wildman–Crippen LogP) is 4.48. The van der Waals surface area contributed by atoms with Gasteiger partial charge in [-0.1, -0.05) is 34.1 Å². The van der Waals surface area contributed by atoms with E-state index in [1.165, 1.54) is 0 Å². The Balaban J connectivity index is 1.85. The van der Waals surface area contributed by atoms with Crippen molar-refractivity contribution in [1.82, 2.24) is 4.98 Å². The van der Waals surface area contributed by atoms with E-state index >= 15 is 0 Å². The Labute approximate surface area is 212 Å². The Hall–Kier alpha value is -1.61. The first-order valence-corrected chi connectivity index (χ1v) is 13.5. The molecule has 0 saturated carbocycles. The molecule has 1 aromatic heterocycles. The number of hydrogen-bond acceptors (Lipinski definition) is 8. The number of aromatic nitrogens is 1. The number of carbonyl (C=O) groups is 2. The molecule has 7 nitrogen and oxygen atoms in total. The number of esters is 1. The van der Waals surface area contributed by atoms with Crippen molar-refractivity contribution >= 4 is 29.2 Å². The SMILES string of the molecule is C/C(=C\c1csc(C)n1)[C@H]1C[C@H]2O[C@@]2(C)CCC[C@H](C)[C@@H](O)[C@@H](C)C(=O)C(C)(C)[C@H](O)CC(=O)O1. The zero-order valence-corrected chi connectivity index (χ0v) is 22.9. The van der Waals surface area contributed by atoms with Gasteiger partial charge in [0, 0.05) is 17.7 Å². The summed E-state index contributed by atoms with van der Waals surface area (Å²) in [6, 6.07) is 0. The first-order valence-electron chi connectivity index (χ1n) is 12.6. The van der Waals surface area contributed by atoms with Crippen LogP contribution in [-0.2, 0) is 19.1 Å². The third kappa shape index (κ3) is 6.59. The molecule has 1 aromatic rings. The minimum absolute atomic E-state index is 0.0455. The molecule has 7 atom stereocenters. The van der Waals surface area contributed by atoms with Gasteiger partial charge in [-0.3, -0.25) is 9.59 Å². The van der Waals surface area contributed by atoms with Crippen LogP contribution in [0.25, 0.3) is 6.08 Å². The molecule has 3 heterocycles. The van der Waals surface area contributed by atoms with E-state index in [1.807, 2.05) is 32.2 Å². The molecule has 2 N–H and O–H groups in total. The molecule has 0 aliphatic carbocycles. The average molecular weight is 508 g/mol. The monoisotopic (exact) mass is 507 g/mol. The van der Waals surface area contributed by atoms with Crippen molar-refractivity contribution in [3.05, 3.63) is 21.7 Å². The van der Waals surface area contributed by atoms with Crippen LogP contribution in [0.5, 0.6) is 0 Å². The molecule has 8 heteroatoms. The highest BCUT2D eigenvalue weighted by molar-refractivity contribution is 7.09. The Morgan fingerprint density at radius 2 is 1.91 bits per heavy atom. The van der Waals surface area contributed by atoms with Crippen molar-refractivity contribution in [2.24, 2.45) is 17.3 Å². The van der Waals surface area contributed by atoms with E-state index < -0.39 is 35.6 Å². The van der Waals surface area contributed by atoms with Gasteiger partial charge in [0.2, 0.25) is 0 Å². The molecule has 0 bridgehead atoms. The number of fused-ring (bicyclic) bond motifs is 1. The number of epoxide rings is 1. The van der Waals surface area contributed by atoms with E-state index in [0.717, 1.165) is 35.5 Å². The fourth-order valence-corrected chi connectivity index (χ4v) is 5.64. The van der Waals surface area contributed by atoms with Gasteiger partial charge in [-0.25, -0.2) is 4.98 Å². The summed E-state index contributed by atoms with van der Waals surface area (Å²) in [5, 5.41) is 24.6. The van der Waals surface area contributed by atoms with Crippen molar-refractivity contribution in [3.63, 3.8) is 0 Å². The summed E-state index contributed by atoms with van der Waals surface area (Å²) in [6.07, 6.45) is 1.98. The van der Waals surface area contributed by atoms with Crippen LogP contribution in [-0.4, -0.2) is 57.0 Å². The van der Waals surface area contributed by atoms with Crippen LogP contribution in [0, 0.1) is 24.2 Å². The van der Waals surface area contributed by atoms with Crippen molar-refractivity contribution in [3.8, 4) is 0 Å². The summed E-state index contributed by atoms with van der Waals surface area (Å²) < 4.78 is 11.9. The van der Waals surface area contributed by atoms with Gasteiger partial charge in [0.05, 0.1) is 46.5 Å². The second-order valence-corrected chi connectivity index (χ2v) is 12.3. The average Bonchev–Trinajstić information content (AvgIpc) is 3.22. The Kier molecular flexibility index (Phi) is 8.62. The van der Waals surface area contributed by atoms with E-state index in [-0.39, 0.29) is 29.8 Å². The number of carbonyl (C=O) groups excluding carboxylic acids is 2. The number of aliphatic hydroxyl groups is 2. The van der Waals surface area contributed by atoms with Gasteiger partial charge in [-0.15, -0.1) is 11.3 Å². The van der Waals surface area contributed by atoms with Crippen molar-refractivity contribution in [2.45, 2.75) is 111 Å². The molecule has 3 rings (SSSR count). The minimum Gasteiger partial charge on any atom is -0.458 e. The third-order valence-corrected chi connectivity index (χ3v) is 8.72. The zero-order chi connectivity index (χ0) is 26.1. The normalized spacial score (nSPS) is 37.5. The molecular weight excluding hydrogens is 466 g/mol. The largest absolute Gasteiger partial charge is 0.458 e. The first-order chi connectivity index (χ1) is 16.2.